The lowest BCUT2D eigenvalue weighted by molar-refractivity contribution is -0.155. The number of nitrogens with zero attached hydrogens (tertiary/aromatic N) is 1. The van der Waals surface area contributed by atoms with Crippen LogP contribution in [0.1, 0.15) is 19.4 Å². The third kappa shape index (κ3) is 3.05. The fraction of sp³-hybridized carbons (Fsp3) is 0.647. The standard InChI is InChI=1S/C17H25NO4/c1-17(2)21-15-13(11-19)18(9-12-7-5-4-6-8-12)10-14(20-3)16(15)22-17/h4-8,13-16,19H,9-11H2,1-3H3/t13-,14+,15+,16-/m1/s1. The summed E-state index contributed by atoms with van der Waals surface area (Å²) in [6.45, 7) is 5.35. The molecular formula is C17H25NO4. The second kappa shape index (κ2) is 6.26. The maximum Gasteiger partial charge on any atom is 0.163 e. The fourth-order valence-electron chi connectivity index (χ4n) is 3.51. The van der Waals surface area contributed by atoms with Crippen LogP contribution >= 0.6 is 0 Å². The lowest BCUT2D eigenvalue weighted by Crippen LogP contribution is -2.61. The zero-order chi connectivity index (χ0) is 15.7. The Hall–Kier alpha value is -0.980. The van der Waals surface area contributed by atoms with Crippen LogP contribution in [0, 0.1) is 0 Å². The van der Waals surface area contributed by atoms with Crippen LogP contribution < -0.4 is 0 Å². The highest BCUT2D eigenvalue weighted by Gasteiger charge is 2.53. The minimum atomic E-state index is -0.637. The van der Waals surface area contributed by atoms with Gasteiger partial charge in [0.2, 0.25) is 0 Å². The van der Waals surface area contributed by atoms with E-state index in [2.05, 4.69) is 17.0 Å². The maximum absolute atomic E-state index is 9.90. The van der Waals surface area contributed by atoms with E-state index in [9.17, 15) is 5.11 Å². The molecule has 1 aromatic rings. The Morgan fingerprint density at radius 3 is 2.55 bits per heavy atom. The summed E-state index contributed by atoms with van der Waals surface area (Å²) in [7, 11) is 1.70. The van der Waals surface area contributed by atoms with Crippen molar-refractivity contribution in [2.24, 2.45) is 0 Å². The first-order valence-electron chi connectivity index (χ1n) is 7.81. The van der Waals surface area contributed by atoms with Crippen molar-refractivity contribution in [1.29, 1.82) is 0 Å². The van der Waals surface area contributed by atoms with Gasteiger partial charge in [-0.3, -0.25) is 4.90 Å². The number of fused-ring (bicyclic) bond motifs is 1. The highest BCUT2D eigenvalue weighted by molar-refractivity contribution is 5.15. The molecule has 5 nitrogen and oxygen atoms in total. The quantitative estimate of drug-likeness (QED) is 0.911. The van der Waals surface area contributed by atoms with E-state index >= 15 is 0 Å². The van der Waals surface area contributed by atoms with Gasteiger partial charge >= 0.3 is 0 Å². The van der Waals surface area contributed by atoms with Gasteiger partial charge < -0.3 is 19.3 Å². The van der Waals surface area contributed by atoms with Crippen LogP contribution in [-0.4, -0.2) is 60.4 Å². The zero-order valence-corrected chi connectivity index (χ0v) is 13.4. The number of aliphatic hydroxyl groups is 1. The van der Waals surface area contributed by atoms with Crippen LogP contribution in [0.2, 0.25) is 0 Å². The largest absolute Gasteiger partial charge is 0.395 e. The van der Waals surface area contributed by atoms with Crippen molar-refractivity contribution in [2.45, 2.75) is 50.5 Å². The Morgan fingerprint density at radius 1 is 1.23 bits per heavy atom. The maximum atomic E-state index is 9.90. The number of ether oxygens (including phenoxy) is 3. The first kappa shape index (κ1) is 15.9. The average Bonchev–Trinajstić information content (AvgIpc) is 2.82. The van der Waals surface area contributed by atoms with Gasteiger partial charge in [0.1, 0.15) is 12.2 Å². The van der Waals surface area contributed by atoms with Gasteiger partial charge in [-0.25, -0.2) is 0 Å². The fourth-order valence-corrected chi connectivity index (χ4v) is 3.51. The third-order valence-corrected chi connectivity index (χ3v) is 4.51. The van der Waals surface area contributed by atoms with Crippen molar-refractivity contribution in [3.8, 4) is 0 Å². The van der Waals surface area contributed by atoms with Gasteiger partial charge in [-0.2, -0.15) is 0 Å². The predicted octanol–water partition coefficient (Wildman–Crippen LogP) is 1.40. The second-order valence-electron chi connectivity index (χ2n) is 6.50. The van der Waals surface area contributed by atoms with Crippen molar-refractivity contribution in [1.82, 2.24) is 4.90 Å². The van der Waals surface area contributed by atoms with Crippen molar-refractivity contribution in [2.75, 3.05) is 20.3 Å². The molecule has 1 N–H and O–H groups in total. The average molecular weight is 307 g/mol. The summed E-state index contributed by atoms with van der Waals surface area (Å²) in [4.78, 5) is 2.23. The topological polar surface area (TPSA) is 51.2 Å². The molecule has 3 rings (SSSR count). The number of rotatable bonds is 4. The summed E-state index contributed by atoms with van der Waals surface area (Å²) in [6.07, 6.45) is -0.370. The van der Waals surface area contributed by atoms with E-state index in [1.807, 2.05) is 32.0 Å². The normalized spacial score (nSPS) is 34.5. The number of hydrogen-bond donors (Lipinski definition) is 1. The molecule has 0 aromatic heterocycles. The number of benzene rings is 1. The first-order chi connectivity index (χ1) is 10.5. The molecule has 2 saturated heterocycles. The van der Waals surface area contributed by atoms with E-state index in [1.54, 1.807) is 7.11 Å². The van der Waals surface area contributed by atoms with Gasteiger partial charge in [0.25, 0.3) is 0 Å². The summed E-state index contributed by atoms with van der Waals surface area (Å²) in [5.74, 6) is -0.637. The predicted molar refractivity (Wildman–Crippen MR) is 82.3 cm³/mol. The van der Waals surface area contributed by atoms with Crippen molar-refractivity contribution in [3.63, 3.8) is 0 Å². The van der Waals surface area contributed by atoms with Crippen molar-refractivity contribution >= 4 is 0 Å². The Balaban J connectivity index is 1.82. The molecule has 2 heterocycles. The van der Waals surface area contributed by atoms with Crippen LogP contribution in [0.4, 0.5) is 0 Å². The first-order valence-corrected chi connectivity index (χ1v) is 7.81. The summed E-state index contributed by atoms with van der Waals surface area (Å²) < 4.78 is 17.7. The molecule has 0 radical (unpaired) electrons. The summed E-state index contributed by atoms with van der Waals surface area (Å²) in [6, 6.07) is 10.2. The van der Waals surface area contributed by atoms with E-state index in [4.69, 9.17) is 14.2 Å². The lowest BCUT2D eigenvalue weighted by Gasteiger charge is -2.43. The minimum Gasteiger partial charge on any atom is -0.395 e. The van der Waals surface area contributed by atoms with E-state index in [0.717, 1.165) is 13.1 Å². The number of hydrogen-bond acceptors (Lipinski definition) is 5. The Labute approximate surface area is 131 Å². The highest BCUT2D eigenvalue weighted by atomic mass is 16.8. The van der Waals surface area contributed by atoms with Crippen LogP contribution in [-0.2, 0) is 20.8 Å². The Kier molecular flexibility index (Phi) is 4.52. The minimum absolute atomic E-state index is 0.0455. The molecule has 2 aliphatic rings. The highest BCUT2D eigenvalue weighted by Crippen LogP contribution is 2.37. The molecule has 0 amide bonds. The molecule has 2 aliphatic heterocycles. The zero-order valence-electron chi connectivity index (χ0n) is 13.4. The van der Waals surface area contributed by atoms with E-state index in [0.29, 0.717) is 0 Å². The van der Waals surface area contributed by atoms with Crippen LogP contribution in [0.15, 0.2) is 30.3 Å². The summed E-state index contributed by atoms with van der Waals surface area (Å²) in [5, 5.41) is 9.90. The Morgan fingerprint density at radius 2 is 1.91 bits per heavy atom. The molecule has 4 atom stereocenters. The van der Waals surface area contributed by atoms with E-state index < -0.39 is 5.79 Å². The molecule has 22 heavy (non-hydrogen) atoms. The van der Waals surface area contributed by atoms with E-state index in [1.165, 1.54) is 5.56 Å². The molecule has 0 saturated carbocycles. The van der Waals surface area contributed by atoms with Gasteiger partial charge in [0, 0.05) is 20.2 Å². The van der Waals surface area contributed by atoms with E-state index in [-0.39, 0.29) is 31.0 Å². The Bertz CT molecular complexity index is 493. The molecule has 0 bridgehead atoms. The summed E-state index contributed by atoms with van der Waals surface area (Å²) in [5.41, 5.74) is 1.22. The van der Waals surface area contributed by atoms with Crippen molar-refractivity contribution < 1.29 is 19.3 Å². The molecule has 122 valence electrons. The molecule has 5 heteroatoms. The third-order valence-electron chi connectivity index (χ3n) is 4.51. The number of likely N-dealkylation sites (tertiary alicyclic amines) is 1. The monoisotopic (exact) mass is 307 g/mol. The van der Waals surface area contributed by atoms with Crippen molar-refractivity contribution in [3.05, 3.63) is 35.9 Å². The molecule has 0 spiro atoms. The molecule has 2 fully saturated rings. The van der Waals surface area contributed by atoms with Gasteiger partial charge in [0.15, 0.2) is 5.79 Å². The van der Waals surface area contributed by atoms with Crippen LogP contribution in [0.25, 0.3) is 0 Å². The lowest BCUT2D eigenvalue weighted by atomic mass is 9.93. The van der Waals surface area contributed by atoms with Gasteiger partial charge in [-0.15, -0.1) is 0 Å². The molecule has 0 unspecified atom stereocenters. The molecular weight excluding hydrogens is 282 g/mol. The van der Waals surface area contributed by atoms with Gasteiger partial charge in [-0.1, -0.05) is 30.3 Å². The van der Waals surface area contributed by atoms with Crippen LogP contribution in [0.5, 0.6) is 0 Å². The second-order valence-corrected chi connectivity index (χ2v) is 6.50. The molecule has 0 aliphatic carbocycles. The SMILES string of the molecule is CO[C@H]1CN(Cc2ccccc2)[C@H](CO)[C@@H]2OC(C)(C)O[C@@H]21. The number of aliphatic hydroxyl groups excluding tert-OH is 1. The van der Waals surface area contributed by atoms with Gasteiger partial charge in [0.05, 0.1) is 18.8 Å². The number of piperidine rings is 1. The smallest absolute Gasteiger partial charge is 0.163 e. The summed E-state index contributed by atoms with van der Waals surface area (Å²) >= 11 is 0. The molecule has 1 aromatic carbocycles. The van der Waals surface area contributed by atoms with Crippen LogP contribution in [0.3, 0.4) is 0 Å². The number of methoxy groups -OCH3 is 1. The van der Waals surface area contributed by atoms with Gasteiger partial charge in [-0.05, 0) is 19.4 Å².